The molecule has 0 unspecified atom stereocenters. The molecule has 17 heavy (non-hydrogen) atoms. The number of carbonyl (C=O) groups is 1. The van der Waals surface area contributed by atoms with Gasteiger partial charge < -0.3 is 4.98 Å². The Hall–Kier alpha value is -2.14. The van der Waals surface area contributed by atoms with Crippen molar-refractivity contribution in [3.05, 3.63) is 47.6 Å². The highest BCUT2D eigenvalue weighted by molar-refractivity contribution is 7.13. The minimum Gasteiger partial charge on any atom is -0.361 e. The Labute approximate surface area is 101 Å². The first-order valence-corrected chi connectivity index (χ1v) is 5.99. The Morgan fingerprint density at radius 1 is 1.35 bits per heavy atom. The van der Waals surface area contributed by atoms with Gasteiger partial charge in [0.2, 0.25) is 0 Å². The summed E-state index contributed by atoms with van der Waals surface area (Å²) in [5.74, 6) is -0.136. The number of thiazole rings is 1. The van der Waals surface area contributed by atoms with Gasteiger partial charge in [-0.15, -0.1) is 11.3 Å². The second kappa shape index (κ2) is 4.03. The summed E-state index contributed by atoms with van der Waals surface area (Å²) in [6, 6.07) is 7.48. The number of carbonyl (C=O) groups excluding carboxylic acids is 1. The average molecular weight is 243 g/mol. The molecule has 0 radical (unpaired) electrons. The second-order valence-electron chi connectivity index (χ2n) is 3.57. The third kappa shape index (κ3) is 1.92. The number of fused-ring (bicyclic) bond motifs is 1. The van der Waals surface area contributed by atoms with Crippen molar-refractivity contribution in [1.29, 1.82) is 0 Å². The lowest BCUT2D eigenvalue weighted by Crippen LogP contribution is -2.11. The SMILES string of the molecule is O=C(Nc1nccs1)c1ccc2[nH]ccc2c1. The molecule has 1 amide bonds. The van der Waals surface area contributed by atoms with Gasteiger partial charge in [-0.1, -0.05) is 0 Å². The molecule has 2 heterocycles. The van der Waals surface area contributed by atoms with Gasteiger partial charge in [-0.25, -0.2) is 4.98 Å². The standard InChI is InChI=1S/C12H9N3OS/c16-11(15-12-14-5-6-17-12)9-1-2-10-8(7-9)3-4-13-10/h1-7,13H,(H,14,15,16). The molecule has 1 aromatic carbocycles. The van der Waals surface area contributed by atoms with E-state index < -0.39 is 0 Å². The number of H-pyrrole nitrogens is 1. The normalized spacial score (nSPS) is 10.6. The van der Waals surface area contributed by atoms with E-state index in [0.29, 0.717) is 10.7 Å². The molecule has 2 aromatic heterocycles. The highest BCUT2D eigenvalue weighted by Gasteiger charge is 2.08. The second-order valence-corrected chi connectivity index (χ2v) is 4.47. The van der Waals surface area contributed by atoms with Crippen LogP contribution in [-0.4, -0.2) is 15.9 Å². The van der Waals surface area contributed by atoms with E-state index in [1.807, 2.05) is 29.8 Å². The number of aromatic nitrogens is 2. The van der Waals surface area contributed by atoms with Crippen molar-refractivity contribution in [2.75, 3.05) is 5.32 Å². The van der Waals surface area contributed by atoms with Gasteiger partial charge >= 0.3 is 0 Å². The molecular weight excluding hydrogens is 234 g/mol. The van der Waals surface area contributed by atoms with Crippen molar-refractivity contribution < 1.29 is 4.79 Å². The first kappa shape index (κ1) is 10.0. The zero-order valence-electron chi connectivity index (χ0n) is 8.81. The zero-order valence-corrected chi connectivity index (χ0v) is 9.62. The topological polar surface area (TPSA) is 57.8 Å². The van der Waals surface area contributed by atoms with Crippen LogP contribution in [0.3, 0.4) is 0 Å². The van der Waals surface area contributed by atoms with Crippen molar-refractivity contribution in [3.8, 4) is 0 Å². The Kier molecular flexibility index (Phi) is 2.38. The summed E-state index contributed by atoms with van der Waals surface area (Å²) in [5.41, 5.74) is 1.66. The van der Waals surface area contributed by atoms with Gasteiger partial charge in [0.25, 0.3) is 5.91 Å². The van der Waals surface area contributed by atoms with Crippen LogP contribution < -0.4 is 5.32 Å². The fourth-order valence-electron chi connectivity index (χ4n) is 1.65. The van der Waals surface area contributed by atoms with Crippen LogP contribution >= 0.6 is 11.3 Å². The first-order valence-electron chi connectivity index (χ1n) is 5.11. The molecule has 0 fully saturated rings. The Balaban J connectivity index is 1.90. The molecule has 84 valence electrons. The number of nitrogens with one attached hydrogen (secondary N) is 2. The maximum atomic E-state index is 11.9. The number of benzene rings is 1. The van der Waals surface area contributed by atoms with E-state index in [-0.39, 0.29) is 5.91 Å². The Morgan fingerprint density at radius 3 is 3.12 bits per heavy atom. The molecule has 0 aliphatic carbocycles. The van der Waals surface area contributed by atoms with Gasteiger partial charge in [0, 0.05) is 34.2 Å². The molecule has 4 nitrogen and oxygen atoms in total. The maximum Gasteiger partial charge on any atom is 0.257 e. The molecular formula is C12H9N3OS. The van der Waals surface area contributed by atoms with Crippen LogP contribution in [-0.2, 0) is 0 Å². The van der Waals surface area contributed by atoms with Gasteiger partial charge in [0.15, 0.2) is 5.13 Å². The van der Waals surface area contributed by atoms with Crippen molar-refractivity contribution >= 4 is 33.3 Å². The summed E-state index contributed by atoms with van der Waals surface area (Å²) in [4.78, 5) is 19.0. The largest absolute Gasteiger partial charge is 0.361 e. The van der Waals surface area contributed by atoms with E-state index >= 15 is 0 Å². The number of hydrogen-bond donors (Lipinski definition) is 2. The fraction of sp³-hybridized carbons (Fsp3) is 0. The van der Waals surface area contributed by atoms with Crippen LogP contribution in [0, 0.1) is 0 Å². The van der Waals surface area contributed by atoms with Gasteiger partial charge in [-0.2, -0.15) is 0 Å². The van der Waals surface area contributed by atoms with E-state index in [1.54, 1.807) is 12.3 Å². The maximum absolute atomic E-state index is 11.9. The van der Waals surface area contributed by atoms with Gasteiger partial charge in [-0.3, -0.25) is 10.1 Å². The van der Waals surface area contributed by atoms with Crippen molar-refractivity contribution in [1.82, 2.24) is 9.97 Å². The van der Waals surface area contributed by atoms with E-state index in [4.69, 9.17) is 0 Å². The van der Waals surface area contributed by atoms with Crippen molar-refractivity contribution in [2.45, 2.75) is 0 Å². The average Bonchev–Trinajstić information content (AvgIpc) is 2.97. The molecule has 0 saturated heterocycles. The van der Waals surface area contributed by atoms with Gasteiger partial charge in [-0.05, 0) is 24.3 Å². The van der Waals surface area contributed by atoms with Crippen LogP contribution in [0.25, 0.3) is 10.9 Å². The predicted octanol–water partition coefficient (Wildman–Crippen LogP) is 2.88. The summed E-state index contributed by atoms with van der Waals surface area (Å²) in [5, 5.41) is 6.22. The summed E-state index contributed by atoms with van der Waals surface area (Å²) < 4.78 is 0. The molecule has 0 aliphatic rings. The van der Waals surface area contributed by atoms with Crippen LogP contribution in [0.1, 0.15) is 10.4 Å². The highest BCUT2D eigenvalue weighted by Crippen LogP contribution is 2.16. The summed E-state index contributed by atoms with van der Waals surface area (Å²) in [6.07, 6.45) is 3.52. The molecule has 3 aromatic rings. The Bertz CT molecular complexity index is 657. The molecule has 0 bridgehead atoms. The van der Waals surface area contributed by atoms with Crippen LogP contribution in [0.4, 0.5) is 5.13 Å². The lowest BCUT2D eigenvalue weighted by Gasteiger charge is -2.01. The minimum absolute atomic E-state index is 0.136. The summed E-state index contributed by atoms with van der Waals surface area (Å²) >= 11 is 1.40. The number of rotatable bonds is 2. The number of hydrogen-bond acceptors (Lipinski definition) is 3. The lowest BCUT2D eigenvalue weighted by atomic mass is 10.1. The number of nitrogens with zero attached hydrogens (tertiary/aromatic N) is 1. The number of aromatic amines is 1. The van der Waals surface area contributed by atoms with E-state index in [9.17, 15) is 4.79 Å². The van der Waals surface area contributed by atoms with E-state index in [2.05, 4.69) is 15.3 Å². The van der Waals surface area contributed by atoms with Gasteiger partial charge in [0.1, 0.15) is 0 Å². The number of amides is 1. The molecule has 0 spiro atoms. The van der Waals surface area contributed by atoms with E-state index in [1.165, 1.54) is 11.3 Å². The molecule has 5 heteroatoms. The zero-order chi connectivity index (χ0) is 11.7. The third-order valence-corrected chi connectivity index (χ3v) is 3.16. The molecule has 0 saturated carbocycles. The van der Waals surface area contributed by atoms with Crippen LogP contribution in [0.15, 0.2) is 42.0 Å². The molecule has 2 N–H and O–H groups in total. The summed E-state index contributed by atoms with van der Waals surface area (Å²) in [6.45, 7) is 0. The van der Waals surface area contributed by atoms with Gasteiger partial charge in [0.05, 0.1) is 0 Å². The van der Waals surface area contributed by atoms with Crippen LogP contribution in [0.5, 0.6) is 0 Å². The van der Waals surface area contributed by atoms with Crippen LogP contribution in [0.2, 0.25) is 0 Å². The fourth-order valence-corrected chi connectivity index (χ4v) is 2.17. The molecule has 0 atom stereocenters. The minimum atomic E-state index is -0.136. The molecule has 3 rings (SSSR count). The van der Waals surface area contributed by atoms with Crippen molar-refractivity contribution in [3.63, 3.8) is 0 Å². The lowest BCUT2D eigenvalue weighted by molar-refractivity contribution is 0.102. The predicted molar refractivity (Wildman–Crippen MR) is 68.4 cm³/mol. The quantitative estimate of drug-likeness (QED) is 0.727. The smallest absolute Gasteiger partial charge is 0.257 e. The monoisotopic (exact) mass is 243 g/mol. The van der Waals surface area contributed by atoms with Crippen molar-refractivity contribution in [2.24, 2.45) is 0 Å². The first-order chi connectivity index (χ1) is 8.33. The summed E-state index contributed by atoms with van der Waals surface area (Å²) in [7, 11) is 0. The molecule has 0 aliphatic heterocycles. The Morgan fingerprint density at radius 2 is 2.29 bits per heavy atom. The third-order valence-electron chi connectivity index (χ3n) is 2.47. The van der Waals surface area contributed by atoms with E-state index in [0.717, 1.165) is 10.9 Å². The number of anilines is 1. The highest BCUT2D eigenvalue weighted by atomic mass is 32.1.